The van der Waals surface area contributed by atoms with Gasteiger partial charge in [0.15, 0.2) is 0 Å². The molecule has 0 heterocycles. The van der Waals surface area contributed by atoms with E-state index in [0.717, 1.165) is 13.3 Å². The molecule has 0 saturated carbocycles. The summed E-state index contributed by atoms with van der Waals surface area (Å²) in [4.78, 5) is 0.115. The van der Waals surface area contributed by atoms with Gasteiger partial charge in [0.2, 0.25) is 15.3 Å². The molecule has 0 amide bonds. The molecule has 0 aliphatic heterocycles. The summed E-state index contributed by atoms with van der Waals surface area (Å²) >= 11 is 0. The molecular formula is C8H11FO2S. The minimum atomic E-state index is -3.69. The van der Waals surface area contributed by atoms with Gasteiger partial charge in [-0.25, -0.2) is 12.8 Å². The first-order chi connectivity index (χ1) is 5.55. The number of rotatable bonds is 2. The van der Waals surface area contributed by atoms with Crippen LogP contribution in [-0.2, 0) is 9.84 Å². The Balaban J connectivity index is 2.97. The van der Waals surface area contributed by atoms with Crippen molar-refractivity contribution in [3.63, 3.8) is 0 Å². The molecule has 12 heavy (non-hydrogen) atoms. The standard InChI is InChI=1S/C8H11FO2S/c1-7(9)12(10,11)8-5-3-2-4-6-8/h3,5-7H,2,4H2,1H3. The van der Waals surface area contributed by atoms with Gasteiger partial charge in [0.05, 0.1) is 4.91 Å². The van der Waals surface area contributed by atoms with E-state index in [9.17, 15) is 12.8 Å². The van der Waals surface area contributed by atoms with Crippen LogP contribution in [0.1, 0.15) is 19.8 Å². The summed E-state index contributed by atoms with van der Waals surface area (Å²) in [5.74, 6) is 0. The molecule has 1 atom stereocenters. The van der Waals surface area contributed by atoms with E-state index in [1.165, 1.54) is 6.08 Å². The molecule has 0 fully saturated rings. The first-order valence-corrected chi connectivity index (χ1v) is 5.34. The third kappa shape index (κ3) is 1.75. The van der Waals surface area contributed by atoms with Gasteiger partial charge in [0.25, 0.3) is 0 Å². The summed E-state index contributed by atoms with van der Waals surface area (Å²) in [7, 11) is -3.69. The predicted molar refractivity (Wildman–Crippen MR) is 45.9 cm³/mol. The van der Waals surface area contributed by atoms with Crippen LogP contribution in [0.15, 0.2) is 23.1 Å². The lowest BCUT2D eigenvalue weighted by Gasteiger charge is -2.08. The van der Waals surface area contributed by atoms with Gasteiger partial charge in [0, 0.05) is 0 Å². The number of hydrogen-bond donors (Lipinski definition) is 0. The zero-order valence-electron chi connectivity index (χ0n) is 6.83. The van der Waals surface area contributed by atoms with Gasteiger partial charge >= 0.3 is 0 Å². The van der Waals surface area contributed by atoms with E-state index in [1.807, 2.05) is 0 Å². The van der Waals surface area contributed by atoms with Crippen LogP contribution in [0, 0.1) is 0 Å². The average molecular weight is 190 g/mol. The molecule has 0 radical (unpaired) electrons. The summed E-state index contributed by atoms with van der Waals surface area (Å²) < 4.78 is 35.0. The largest absolute Gasteiger partial charge is 0.230 e. The van der Waals surface area contributed by atoms with Crippen molar-refractivity contribution < 1.29 is 12.8 Å². The molecule has 0 N–H and O–H groups in total. The Bertz CT molecular complexity index is 312. The Labute approximate surface area is 71.7 Å². The maximum absolute atomic E-state index is 12.6. The molecule has 2 nitrogen and oxygen atoms in total. The van der Waals surface area contributed by atoms with Crippen molar-refractivity contribution in [2.45, 2.75) is 25.3 Å². The van der Waals surface area contributed by atoms with Gasteiger partial charge in [-0.15, -0.1) is 0 Å². The maximum atomic E-state index is 12.6. The molecule has 0 aromatic rings. The third-order valence-corrected chi connectivity index (χ3v) is 3.53. The first kappa shape index (κ1) is 9.45. The Morgan fingerprint density at radius 1 is 1.50 bits per heavy atom. The van der Waals surface area contributed by atoms with Crippen molar-refractivity contribution in [2.24, 2.45) is 0 Å². The van der Waals surface area contributed by atoms with Crippen LogP contribution in [0.4, 0.5) is 4.39 Å². The van der Waals surface area contributed by atoms with E-state index in [0.29, 0.717) is 6.42 Å². The summed E-state index contributed by atoms with van der Waals surface area (Å²) in [6.07, 6.45) is 6.28. The van der Waals surface area contributed by atoms with E-state index in [1.54, 1.807) is 12.2 Å². The predicted octanol–water partition coefficient (Wildman–Crippen LogP) is 1.95. The SMILES string of the molecule is CC(F)S(=O)(=O)C1=CCCC=C1. The highest BCUT2D eigenvalue weighted by Gasteiger charge is 2.23. The van der Waals surface area contributed by atoms with Crippen molar-refractivity contribution in [3.05, 3.63) is 23.1 Å². The molecule has 0 saturated heterocycles. The third-order valence-electron chi connectivity index (χ3n) is 1.72. The second-order valence-electron chi connectivity index (χ2n) is 2.67. The number of alkyl halides is 1. The van der Waals surface area contributed by atoms with Gasteiger partial charge in [0.1, 0.15) is 0 Å². The van der Waals surface area contributed by atoms with Crippen LogP contribution < -0.4 is 0 Å². The maximum Gasteiger partial charge on any atom is 0.209 e. The molecule has 0 aromatic heterocycles. The average Bonchev–Trinajstić information content (AvgIpc) is 2.06. The lowest BCUT2D eigenvalue weighted by molar-refractivity contribution is 0.447. The lowest BCUT2D eigenvalue weighted by atomic mass is 10.2. The van der Waals surface area contributed by atoms with Gasteiger partial charge in [-0.1, -0.05) is 12.2 Å². The molecular weight excluding hydrogens is 179 g/mol. The summed E-state index contributed by atoms with van der Waals surface area (Å²) in [5.41, 5.74) is -1.81. The molecule has 0 aromatic carbocycles. The Hall–Kier alpha value is -0.640. The molecule has 1 aliphatic rings. The summed E-state index contributed by atoms with van der Waals surface area (Å²) in [6.45, 7) is 1.04. The number of hydrogen-bond acceptors (Lipinski definition) is 2. The number of allylic oxidation sites excluding steroid dienone is 3. The minimum absolute atomic E-state index is 0.115. The molecule has 1 rings (SSSR count). The summed E-state index contributed by atoms with van der Waals surface area (Å²) in [5, 5.41) is 0. The summed E-state index contributed by atoms with van der Waals surface area (Å²) in [6, 6.07) is 0. The van der Waals surface area contributed by atoms with Crippen LogP contribution in [-0.4, -0.2) is 13.9 Å². The van der Waals surface area contributed by atoms with Crippen LogP contribution in [0.3, 0.4) is 0 Å². The molecule has 0 bridgehead atoms. The fourth-order valence-electron chi connectivity index (χ4n) is 0.988. The van der Waals surface area contributed by atoms with E-state index in [2.05, 4.69) is 0 Å². The Morgan fingerprint density at radius 3 is 2.58 bits per heavy atom. The van der Waals surface area contributed by atoms with Crippen LogP contribution >= 0.6 is 0 Å². The highest BCUT2D eigenvalue weighted by atomic mass is 32.2. The van der Waals surface area contributed by atoms with Crippen molar-refractivity contribution in [1.82, 2.24) is 0 Å². The van der Waals surface area contributed by atoms with Gasteiger partial charge in [-0.2, -0.15) is 0 Å². The Morgan fingerprint density at radius 2 is 2.17 bits per heavy atom. The van der Waals surface area contributed by atoms with E-state index in [-0.39, 0.29) is 4.91 Å². The van der Waals surface area contributed by atoms with Crippen molar-refractivity contribution >= 4 is 9.84 Å². The second-order valence-corrected chi connectivity index (χ2v) is 4.89. The molecule has 1 unspecified atom stereocenters. The lowest BCUT2D eigenvalue weighted by Crippen LogP contribution is -2.14. The van der Waals surface area contributed by atoms with Crippen LogP contribution in [0.2, 0.25) is 0 Å². The smallest absolute Gasteiger partial charge is 0.209 e. The first-order valence-electron chi connectivity index (χ1n) is 3.80. The fourth-order valence-corrected chi connectivity index (χ4v) is 2.00. The highest BCUT2D eigenvalue weighted by Crippen LogP contribution is 2.20. The van der Waals surface area contributed by atoms with Gasteiger partial charge < -0.3 is 0 Å². The van der Waals surface area contributed by atoms with Crippen molar-refractivity contribution in [2.75, 3.05) is 0 Å². The molecule has 0 spiro atoms. The van der Waals surface area contributed by atoms with Crippen LogP contribution in [0.25, 0.3) is 0 Å². The number of halogens is 1. The second kappa shape index (κ2) is 3.39. The zero-order valence-corrected chi connectivity index (χ0v) is 7.64. The van der Waals surface area contributed by atoms with Gasteiger partial charge in [-0.05, 0) is 25.8 Å². The fraction of sp³-hybridized carbons (Fsp3) is 0.500. The molecule has 68 valence electrons. The highest BCUT2D eigenvalue weighted by molar-refractivity contribution is 7.95. The van der Waals surface area contributed by atoms with Crippen LogP contribution in [0.5, 0.6) is 0 Å². The molecule has 4 heteroatoms. The van der Waals surface area contributed by atoms with Crippen molar-refractivity contribution in [3.8, 4) is 0 Å². The topological polar surface area (TPSA) is 34.1 Å². The normalized spacial score (nSPS) is 20.3. The van der Waals surface area contributed by atoms with Crippen molar-refractivity contribution in [1.29, 1.82) is 0 Å². The zero-order chi connectivity index (χ0) is 9.19. The van der Waals surface area contributed by atoms with E-state index >= 15 is 0 Å². The van der Waals surface area contributed by atoms with E-state index < -0.39 is 15.3 Å². The minimum Gasteiger partial charge on any atom is -0.230 e. The molecule has 1 aliphatic carbocycles. The van der Waals surface area contributed by atoms with E-state index in [4.69, 9.17) is 0 Å². The monoisotopic (exact) mass is 190 g/mol. The quantitative estimate of drug-likeness (QED) is 0.667. The van der Waals surface area contributed by atoms with Gasteiger partial charge in [-0.3, -0.25) is 0 Å². The Kier molecular flexibility index (Phi) is 2.67. The number of sulfone groups is 1.